The summed E-state index contributed by atoms with van der Waals surface area (Å²) in [6, 6.07) is 0.401. The highest BCUT2D eigenvalue weighted by atomic mass is 19.4. The van der Waals surface area contributed by atoms with Crippen molar-refractivity contribution in [1.29, 1.82) is 0 Å². The van der Waals surface area contributed by atoms with Gasteiger partial charge in [-0.25, -0.2) is 0 Å². The number of hydrogen-bond acceptors (Lipinski definition) is 2. The zero-order chi connectivity index (χ0) is 14.3. The summed E-state index contributed by atoms with van der Waals surface area (Å²) in [6.07, 6.45) is -0.169. The summed E-state index contributed by atoms with van der Waals surface area (Å²) in [5, 5.41) is 3.35. The van der Waals surface area contributed by atoms with Crippen LogP contribution < -0.4 is 5.32 Å². The molecule has 1 aliphatic heterocycles. The zero-order valence-corrected chi connectivity index (χ0v) is 12.1. The van der Waals surface area contributed by atoms with Gasteiger partial charge in [0.1, 0.15) is 0 Å². The van der Waals surface area contributed by atoms with Gasteiger partial charge in [0.05, 0.1) is 5.92 Å². The molecule has 1 rings (SSSR count). The van der Waals surface area contributed by atoms with Gasteiger partial charge in [-0.15, -0.1) is 0 Å². The molecule has 0 aromatic carbocycles. The lowest BCUT2D eigenvalue weighted by molar-refractivity contribution is -0.186. The molecule has 1 unspecified atom stereocenters. The summed E-state index contributed by atoms with van der Waals surface area (Å²) < 4.78 is 37.7. The van der Waals surface area contributed by atoms with Gasteiger partial charge in [0.25, 0.3) is 0 Å². The molecule has 0 bridgehead atoms. The SMILES string of the molecule is CCCNCCCC(C)N1CCC(C(F)(F)F)CC1. The number of piperidine rings is 1. The largest absolute Gasteiger partial charge is 0.391 e. The third kappa shape index (κ3) is 6.13. The second kappa shape index (κ2) is 8.10. The van der Waals surface area contributed by atoms with Crippen molar-refractivity contribution in [3.8, 4) is 0 Å². The summed E-state index contributed by atoms with van der Waals surface area (Å²) in [5.74, 6) is -1.08. The Morgan fingerprint density at radius 1 is 1.21 bits per heavy atom. The lowest BCUT2D eigenvalue weighted by Crippen LogP contribution is -2.43. The number of nitrogens with zero attached hydrogens (tertiary/aromatic N) is 1. The molecule has 0 spiro atoms. The van der Waals surface area contributed by atoms with Gasteiger partial charge in [0, 0.05) is 6.04 Å². The van der Waals surface area contributed by atoms with Crippen LogP contribution in [0.1, 0.15) is 46.0 Å². The van der Waals surface area contributed by atoms with Crippen molar-refractivity contribution in [2.75, 3.05) is 26.2 Å². The number of halogens is 3. The Balaban J connectivity index is 2.16. The van der Waals surface area contributed by atoms with Crippen molar-refractivity contribution >= 4 is 0 Å². The monoisotopic (exact) mass is 280 g/mol. The minimum absolute atomic E-state index is 0.266. The van der Waals surface area contributed by atoms with E-state index in [9.17, 15) is 13.2 Å². The molecule has 0 radical (unpaired) electrons. The normalized spacial score (nSPS) is 20.7. The van der Waals surface area contributed by atoms with Crippen molar-refractivity contribution in [2.45, 2.75) is 58.2 Å². The van der Waals surface area contributed by atoms with E-state index in [4.69, 9.17) is 0 Å². The van der Waals surface area contributed by atoms with E-state index in [0.29, 0.717) is 19.1 Å². The van der Waals surface area contributed by atoms with Crippen LogP contribution in [0.3, 0.4) is 0 Å². The van der Waals surface area contributed by atoms with Crippen LogP contribution in [0.4, 0.5) is 13.2 Å². The maximum absolute atomic E-state index is 12.6. The van der Waals surface area contributed by atoms with Crippen molar-refractivity contribution in [1.82, 2.24) is 10.2 Å². The van der Waals surface area contributed by atoms with Crippen LogP contribution in [0.5, 0.6) is 0 Å². The van der Waals surface area contributed by atoms with Gasteiger partial charge in [-0.3, -0.25) is 0 Å². The van der Waals surface area contributed by atoms with Gasteiger partial charge in [-0.05, 0) is 65.2 Å². The van der Waals surface area contributed by atoms with Crippen LogP contribution in [0.2, 0.25) is 0 Å². The molecule has 1 atom stereocenters. The fraction of sp³-hybridized carbons (Fsp3) is 1.00. The summed E-state index contributed by atoms with van der Waals surface area (Å²) in [5.41, 5.74) is 0. The molecular weight excluding hydrogens is 253 g/mol. The maximum Gasteiger partial charge on any atom is 0.391 e. The van der Waals surface area contributed by atoms with Gasteiger partial charge >= 0.3 is 6.18 Å². The Morgan fingerprint density at radius 2 is 1.84 bits per heavy atom. The lowest BCUT2D eigenvalue weighted by atomic mass is 9.95. The van der Waals surface area contributed by atoms with Crippen LogP contribution in [-0.4, -0.2) is 43.3 Å². The highest BCUT2D eigenvalue weighted by Crippen LogP contribution is 2.34. The maximum atomic E-state index is 12.6. The number of alkyl halides is 3. The highest BCUT2D eigenvalue weighted by molar-refractivity contribution is 4.79. The fourth-order valence-corrected chi connectivity index (χ4v) is 2.67. The molecule has 0 aliphatic carbocycles. The van der Waals surface area contributed by atoms with Crippen molar-refractivity contribution in [2.24, 2.45) is 5.92 Å². The Bertz CT molecular complexity index is 235. The molecule has 0 aromatic heterocycles. The van der Waals surface area contributed by atoms with E-state index in [1.54, 1.807) is 0 Å². The van der Waals surface area contributed by atoms with Gasteiger partial charge in [0.15, 0.2) is 0 Å². The fourth-order valence-electron chi connectivity index (χ4n) is 2.67. The van der Waals surface area contributed by atoms with E-state index in [1.165, 1.54) is 0 Å². The van der Waals surface area contributed by atoms with E-state index in [2.05, 4.69) is 24.1 Å². The Labute approximate surface area is 114 Å². The van der Waals surface area contributed by atoms with E-state index in [1.807, 2.05) is 0 Å². The van der Waals surface area contributed by atoms with E-state index in [0.717, 1.165) is 32.4 Å². The molecule has 1 saturated heterocycles. The quantitative estimate of drug-likeness (QED) is 0.719. The summed E-state index contributed by atoms with van der Waals surface area (Å²) in [6.45, 7) is 7.51. The van der Waals surface area contributed by atoms with Gasteiger partial charge in [-0.2, -0.15) is 13.2 Å². The molecule has 1 fully saturated rings. The van der Waals surface area contributed by atoms with E-state index < -0.39 is 12.1 Å². The first-order chi connectivity index (χ1) is 8.95. The van der Waals surface area contributed by atoms with Crippen LogP contribution in [0.15, 0.2) is 0 Å². The van der Waals surface area contributed by atoms with Crippen LogP contribution in [0, 0.1) is 5.92 Å². The number of hydrogen-bond donors (Lipinski definition) is 1. The Morgan fingerprint density at radius 3 is 2.37 bits per heavy atom. The molecular formula is C14H27F3N2. The van der Waals surface area contributed by atoms with Crippen molar-refractivity contribution in [3.63, 3.8) is 0 Å². The molecule has 19 heavy (non-hydrogen) atoms. The molecule has 2 nitrogen and oxygen atoms in total. The smallest absolute Gasteiger partial charge is 0.317 e. The van der Waals surface area contributed by atoms with Crippen LogP contribution in [-0.2, 0) is 0 Å². The lowest BCUT2D eigenvalue weighted by Gasteiger charge is -2.36. The molecule has 1 aliphatic rings. The molecule has 5 heteroatoms. The Hall–Kier alpha value is -0.290. The Kier molecular flexibility index (Phi) is 7.15. The average molecular weight is 280 g/mol. The van der Waals surface area contributed by atoms with E-state index in [-0.39, 0.29) is 12.8 Å². The molecule has 1 N–H and O–H groups in total. The summed E-state index contributed by atoms with van der Waals surface area (Å²) >= 11 is 0. The van der Waals surface area contributed by atoms with Crippen molar-refractivity contribution < 1.29 is 13.2 Å². The second-order valence-electron chi connectivity index (χ2n) is 5.59. The van der Waals surface area contributed by atoms with Crippen molar-refractivity contribution in [3.05, 3.63) is 0 Å². The first-order valence-corrected chi connectivity index (χ1v) is 7.46. The summed E-state index contributed by atoms with van der Waals surface area (Å²) in [4.78, 5) is 2.21. The standard InChI is InChI=1S/C14H27F3N2/c1-3-8-18-9-4-5-12(2)19-10-6-13(7-11-19)14(15,16)17/h12-13,18H,3-11H2,1-2H3. The molecule has 114 valence electrons. The van der Waals surface area contributed by atoms with Crippen LogP contribution in [0.25, 0.3) is 0 Å². The molecule has 1 heterocycles. The zero-order valence-electron chi connectivity index (χ0n) is 12.1. The predicted molar refractivity (Wildman–Crippen MR) is 72.2 cm³/mol. The minimum atomic E-state index is -4.00. The number of rotatable bonds is 7. The molecule has 0 amide bonds. The third-order valence-corrected chi connectivity index (χ3v) is 4.02. The molecule has 0 aromatic rings. The molecule has 0 saturated carbocycles. The predicted octanol–water partition coefficient (Wildman–Crippen LogP) is 3.43. The topological polar surface area (TPSA) is 15.3 Å². The third-order valence-electron chi connectivity index (χ3n) is 4.02. The number of nitrogens with one attached hydrogen (secondary N) is 1. The van der Waals surface area contributed by atoms with E-state index >= 15 is 0 Å². The average Bonchev–Trinajstić information content (AvgIpc) is 2.37. The second-order valence-corrected chi connectivity index (χ2v) is 5.59. The minimum Gasteiger partial charge on any atom is -0.317 e. The highest BCUT2D eigenvalue weighted by Gasteiger charge is 2.41. The van der Waals surface area contributed by atoms with Crippen LogP contribution >= 0.6 is 0 Å². The van der Waals surface area contributed by atoms with Gasteiger partial charge < -0.3 is 10.2 Å². The summed E-state index contributed by atoms with van der Waals surface area (Å²) in [7, 11) is 0. The first kappa shape index (κ1) is 16.8. The number of likely N-dealkylation sites (tertiary alicyclic amines) is 1. The van der Waals surface area contributed by atoms with Gasteiger partial charge in [0.2, 0.25) is 0 Å². The first-order valence-electron chi connectivity index (χ1n) is 7.46. The van der Waals surface area contributed by atoms with Gasteiger partial charge in [-0.1, -0.05) is 6.92 Å².